The molecule has 0 aliphatic carbocycles. The molecule has 34 heavy (non-hydrogen) atoms. The van der Waals surface area contributed by atoms with Crippen LogP contribution in [0.25, 0.3) is 10.8 Å². The van der Waals surface area contributed by atoms with E-state index in [4.69, 9.17) is 9.26 Å². The standard InChI is InChI=1S/C24H20N4O6/c1-14-21(15(2)34-27-14)13-33-22-12-17-7-4-3-6-16(17)11-20(22)24(30)26-25-23(29)18-8-5-9-19(10-18)28(31)32/h3-12H,13H2,1-2H3,(H,25,29)(H,26,30). The average molecular weight is 460 g/mol. The highest BCUT2D eigenvalue weighted by molar-refractivity contribution is 6.03. The molecule has 2 N–H and O–H groups in total. The number of aromatic nitrogens is 1. The van der Waals surface area contributed by atoms with Gasteiger partial charge in [-0.1, -0.05) is 35.5 Å². The number of rotatable bonds is 6. The number of hydrazine groups is 1. The zero-order valence-electron chi connectivity index (χ0n) is 18.3. The highest BCUT2D eigenvalue weighted by atomic mass is 16.6. The summed E-state index contributed by atoms with van der Waals surface area (Å²) in [6.45, 7) is 3.71. The summed E-state index contributed by atoms with van der Waals surface area (Å²) in [5, 5.41) is 16.5. The van der Waals surface area contributed by atoms with Crippen LogP contribution in [0.3, 0.4) is 0 Å². The summed E-state index contributed by atoms with van der Waals surface area (Å²) >= 11 is 0. The third kappa shape index (κ3) is 4.70. The Morgan fingerprint density at radius 1 is 1.00 bits per heavy atom. The number of amides is 2. The predicted molar refractivity (Wildman–Crippen MR) is 122 cm³/mol. The summed E-state index contributed by atoms with van der Waals surface area (Å²) in [6.07, 6.45) is 0. The number of aryl methyl sites for hydroxylation is 2. The van der Waals surface area contributed by atoms with E-state index in [1.807, 2.05) is 24.3 Å². The first-order valence-corrected chi connectivity index (χ1v) is 10.3. The monoisotopic (exact) mass is 460 g/mol. The smallest absolute Gasteiger partial charge is 0.273 e. The van der Waals surface area contributed by atoms with E-state index in [0.29, 0.717) is 17.2 Å². The molecule has 0 aliphatic rings. The van der Waals surface area contributed by atoms with E-state index in [1.54, 1.807) is 26.0 Å². The lowest BCUT2D eigenvalue weighted by Crippen LogP contribution is -2.41. The van der Waals surface area contributed by atoms with E-state index in [0.717, 1.165) is 22.4 Å². The third-order valence-electron chi connectivity index (χ3n) is 5.25. The summed E-state index contributed by atoms with van der Waals surface area (Å²) in [6, 6.07) is 16.1. The fraction of sp³-hybridized carbons (Fsp3) is 0.125. The van der Waals surface area contributed by atoms with Crippen LogP contribution in [0.1, 0.15) is 37.7 Å². The maximum absolute atomic E-state index is 13.0. The minimum Gasteiger partial charge on any atom is -0.488 e. The van der Waals surface area contributed by atoms with Crippen molar-refractivity contribution < 1.29 is 23.8 Å². The summed E-state index contributed by atoms with van der Waals surface area (Å²) in [5.41, 5.74) is 6.09. The lowest BCUT2D eigenvalue weighted by molar-refractivity contribution is -0.384. The highest BCUT2D eigenvalue weighted by Crippen LogP contribution is 2.27. The van der Waals surface area contributed by atoms with Crippen LogP contribution in [0.5, 0.6) is 5.75 Å². The van der Waals surface area contributed by atoms with Gasteiger partial charge in [0.1, 0.15) is 18.1 Å². The molecule has 0 fully saturated rings. The molecule has 0 radical (unpaired) electrons. The molecule has 0 spiro atoms. The van der Waals surface area contributed by atoms with Crippen molar-refractivity contribution >= 4 is 28.3 Å². The fourth-order valence-electron chi connectivity index (χ4n) is 3.39. The molecule has 3 aromatic carbocycles. The largest absolute Gasteiger partial charge is 0.488 e. The quantitative estimate of drug-likeness (QED) is 0.328. The van der Waals surface area contributed by atoms with Gasteiger partial charge in [0, 0.05) is 17.7 Å². The Labute approximate surface area is 193 Å². The number of nitro groups is 1. The first-order chi connectivity index (χ1) is 16.3. The number of non-ortho nitro benzene ring substituents is 1. The van der Waals surface area contributed by atoms with Gasteiger partial charge in [0.25, 0.3) is 17.5 Å². The normalized spacial score (nSPS) is 10.6. The Bertz CT molecular complexity index is 1390. The van der Waals surface area contributed by atoms with Crippen LogP contribution in [0, 0.1) is 24.0 Å². The molecule has 2 amide bonds. The number of hydrogen-bond acceptors (Lipinski definition) is 7. The van der Waals surface area contributed by atoms with Gasteiger partial charge in [-0.3, -0.25) is 30.6 Å². The number of hydrogen-bond donors (Lipinski definition) is 2. The number of benzene rings is 3. The molecule has 4 aromatic rings. The topological polar surface area (TPSA) is 137 Å². The number of ether oxygens (including phenoxy) is 1. The highest BCUT2D eigenvalue weighted by Gasteiger charge is 2.18. The third-order valence-corrected chi connectivity index (χ3v) is 5.25. The molecule has 1 heterocycles. The molecule has 4 rings (SSSR count). The number of nitrogens with one attached hydrogen (secondary N) is 2. The van der Waals surface area contributed by atoms with E-state index in [9.17, 15) is 19.7 Å². The van der Waals surface area contributed by atoms with Gasteiger partial charge in [-0.05, 0) is 42.8 Å². The minimum atomic E-state index is -0.698. The van der Waals surface area contributed by atoms with Crippen LogP contribution in [0.4, 0.5) is 5.69 Å². The first kappa shape index (κ1) is 22.5. The van der Waals surface area contributed by atoms with Crippen LogP contribution in [-0.2, 0) is 6.61 Å². The molecule has 0 aliphatic heterocycles. The van der Waals surface area contributed by atoms with Crippen molar-refractivity contribution in [2.45, 2.75) is 20.5 Å². The van der Waals surface area contributed by atoms with Gasteiger partial charge >= 0.3 is 0 Å². The number of nitrogens with zero attached hydrogens (tertiary/aromatic N) is 2. The Morgan fingerprint density at radius 2 is 1.71 bits per heavy atom. The van der Waals surface area contributed by atoms with Crippen molar-refractivity contribution in [2.75, 3.05) is 0 Å². The van der Waals surface area contributed by atoms with Gasteiger partial charge in [-0.25, -0.2) is 0 Å². The Morgan fingerprint density at radius 3 is 2.38 bits per heavy atom. The molecule has 0 saturated carbocycles. The molecule has 0 atom stereocenters. The molecule has 10 nitrogen and oxygen atoms in total. The zero-order valence-corrected chi connectivity index (χ0v) is 18.3. The maximum atomic E-state index is 13.0. The Kier molecular flexibility index (Phi) is 6.22. The number of nitro benzene ring substituents is 1. The van der Waals surface area contributed by atoms with Crippen LogP contribution < -0.4 is 15.6 Å². The van der Waals surface area contributed by atoms with Crippen LogP contribution in [0.2, 0.25) is 0 Å². The van der Waals surface area contributed by atoms with Gasteiger partial charge in [0.05, 0.1) is 21.7 Å². The van der Waals surface area contributed by atoms with Crippen molar-refractivity contribution in [1.29, 1.82) is 0 Å². The van der Waals surface area contributed by atoms with Gasteiger partial charge in [0.15, 0.2) is 0 Å². The second kappa shape index (κ2) is 9.41. The molecule has 0 bridgehead atoms. The summed E-state index contributed by atoms with van der Waals surface area (Å²) in [7, 11) is 0. The number of fused-ring (bicyclic) bond motifs is 1. The second-order valence-electron chi connectivity index (χ2n) is 7.50. The molecule has 10 heteroatoms. The maximum Gasteiger partial charge on any atom is 0.273 e. The molecular formula is C24H20N4O6. The van der Waals surface area contributed by atoms with E-state index < -0.39 is 16.7 Å². The van der Waals surface area contributed by atoms with Gasteiger partial charge in [0.2, 0.25) is 0 Å². The predicted octanol–water partition coefficient (Wildman–Crippen LogP) is 4.01. The Hall–Kier alpha value is -4.73. The summed E-state index contributed by atoms with van der Waals surface area (Å²) in [4.78, 5) is 35.7. The van der Waals surface area contributed by atoms with E-state index in [-0.39, 0.29) is 23.4 Å². The van der Waals surface area contributed by atoms with Crippen LogP contribution in [-0.4, -0.2) is 21.9 Å². The van der Waals surface area contributed by atoms with Gasteiger partial charge in [-0.2, -0.15) is 0 Å². The second-order valence-corrected chi connectivity index (χ2v) is 7.50. The molecule has 172 valence electrons. The van der Waals surface area contributed by atoms with Crippen molar-refractivity contribution in [3.63, 3.8) is 0 Å². The SMILES string of the molecule is Cc1noc(C)c1COc1cc2ccccc2cc1C(=O)NNC(=O)c1cccc([N+](=O)[O-])c1. The Balaban J connectivity index is 1.56. The number of carbonyl (C=O) groups excluding carboxylic acids is 2. The van der Waals surface area contributed by atoms with Crippen molar-refractivity contribution in [3.05, 3.63) is 98.9 Å². The number of carbonyl (C=O) groups is 2. The lowest BCUT2D eigenvalue weighted by Gasteiger charge is -2.14. The molecule has 1 aromatic heterocycles. The average Bonchev–Trinajstić information content (AvgIpc) is 3.17. The van der Waals surface area contributed by atoms with Crippen molar-refractivity contribution in [2.24, 2.45) is 0 Å². The fourth-order valence-corrected chi connectivity index (χ4v) is 3.39. The summed E-state index contributed by atoms with van der Waals surface area (Å²) in [5.74, 6) is -0.386. The molecule has 0 saturated heterocycles. The van der Waals surface area contributed by atoms with Crippen LogP contribution in [0.15, 0.2) is 65.2 Å². The van der Waals surface area contributed by atoms with E-state index in [1.165, 1.54) is 18.2 Å². The minimum absolute atomic E-state index is 0.0305. The molecule has 0 unspecified atom stereocenters. The zero-order chi connectivity index (χ0) is 24.2. The van der Waals surface area contributed by atoms with E-state index >= 15 is 0 Å². The lowest BCUT2D eigenvalue weighted by atomic mass is 10.1. The van der Waals surface area contributed by atoms with Crippen molar-refractivity contribution in [1.82, 2.24) is 16.0 Å². The first-order valence-electron chi connectivity index (χ1n) is 10.3. The summed E-state index contributed by atoms with van der Waals surface area (Å²) < 4.78 is 11.1. The molecular weight excluding hydrogens is 440 g/mol. The van der Waals surface area contributed by atoms with Gasteiger partial charge < -0.3 is 9.26 Å². The van der Waals surface area contributed by atoms with Crippen LogP contribution >= 0.6 is 0 Å². The van der Waals surface area contributed by atoms with Gasteiger partial charge in [-0.15, -0.1) is 0 Å². The van der Waals surface area contributed by atoms with Crippen molar-refractivity contribution in [3.8, 4) is 5.75 Å². The van der Waals surface area contributed by atoms with E-state index in [2.05, 4.69) is 16.0 Å².